The summed E-state index contributed by atoms with van der Waals surface area (Å²) in [5.74, 6) is -0.325. The molecule has 0 atom stereocenters. The van der Waals surface area contributed by atoms with Gasteiger partial charge in [-0.15, -0.1) is 11.3 Å². The minimum atomic E-state index is -0.628. The third-order valence-corrected chi connectivity index (χ3v) is 6.05. The average Bonchev–Trinajstić information content (AvgIpc) is 3.08. The quantitative estimate of drug-likeness (QED) is 0.676. The zero-order valence-corrected chi connectivity index (χ0v) is 15.3. The van der Waals surface area contributed by atoms with E-state index in [9.17, 15) is 4.79 Å². The summed E-state index contributed by atoms with van der Waals surface area (Å²) in [6.07, 6.45) is 1.93. The number of hydrogen-bond acceptors (Lipinski definition) is 6. The van der Waals surface area contributed by atoms with Crippen LogP contribution >= 0.6 is 34.7 Å². The van der Waals surface area contributed by atoms with Crippen LogP contribution in [0.2, 0.25) is 5.02 Å². The molecule has 6 nitrogen and oxygen atoms in total. The van der Waals surface area contributed by atoms with Crippen LogP contribution in [-0.2, 0) is 6.54 Å². The van der Waals surface area contributed by atoms with Gasteiger partial charge in [0, 0.05) is 6.54 Å². The second kappa shape index (κ2) is 7.00. The zero-order valence-electron chi connectivity index (χ0n) is 13.0. The van der Waals surface area contributed by atoms with Crippen LogP contribution in [0.25, 0.3) is 10.2 Å². The van der Waals surface area contributed by atoms with E-state index >= 15 is 0 Å². The number of rotatable bonds is 6. The lowest BCUT2D eigenvalue weighted by Crippen LogP contribution is -2.14. The van der Waals surface area contributed by atoms with Crippen molar-refractivity contribution in [1.82, 2.24) is 14.5 Å². The Kier molecular flexibility index (Phi) is 4.98. The number of nitrogens with two attached hydrogens (primary N) is 2. The maximum absolute atomic E-state index is 11.5. The molecular weight excluding hydrogens is 366 g/mol. The molecule has 4 N–H and O–H groups in total. The fraction of sp³-hybridized carbons (Fsp3) is 0.267. The topological polar surface area (TPSA) is 99.8 Å². The minimum Gasteiger partial charge on any atom is -0.383 e. The van der Waals surface area contributed by atoms with Crippen molar-refractivity contribution in [2.75, 3.05) is 5.73 Å². The number of nitrogen functional groups attached to an aromatic ring is 1. The van der Waals surface area contributed by atoms with Gasteiger partial charge in [0.05, 0.1) is 15.2 Å². The largest absolute Gasteiger partial charge is 0.383 e. The highest BCUT2D eigenvalue weighted by Crippen LogP contribution is 2.37. The summed E-state index contributed by atoms with van der Waals surface area (Å²) >= 11 is 9.05. The minimum absolute atomic E-state index is 0.104. The molecule has 2 heterocycles. The first-order chi connectivity index (χ1) is 11.5. The molecule has 1 aromatic carbocycles. The van der Waals surface area contributed by atoms with Gasteiger partial charge < -0.3 is 16.0 Å². The van der Waals surface area contributed by atoms with Gasteiger partial charge in [-0.1, -0.05) is 31.0 Å². The number of thiazole rings is 1. The lowest BCUT2D eigenvalue weighted by Gasteiger charge is -2.07. The SMILES string of the molecule is CCCCn1c(Sc2nc3cccc(Cl)c3s2)nc(C(N)=O)c1N. The first-order valence-corrected chi connectivity index (χ1v) is 9.41. The highest BCUT2D eigenvalue weighted by atomic mass is 35.5. The van der Waals surface area contributed by atoms with E-state index in [-0.39, 0.29) is 5.69 Å². The van der Waals surface area contributed by atoms with E-state index in [1.165, 1.54) is 23.1 Å². The second-order valence-corrected chi connectivity index (χ2v) is 7.79. The number of aromatic nitrogens is 3. The summed E-state index contributed by atoms with van der Waals surface area (Å²) in [5.41, 5.74) is 12.4. The van der Waals surface area contributed by atoms with Crippen LogP contribution in [0.5, 0.6) is 0 Å². The number of unbranched alkanes of at least 4 members (excludes halogenated alkanes) is 1. The van der Waals surface area contributed by atoms with Crippen LogP contribution in [0, 0.1) is 0 Å². The summed E-state index contributed by atoms with van der Waals surface area (Å²) in [6.45, 7) is 2.76. The summed E-state index contributed by atoms with van der Waals surface area (Å²) < 4.78 is 3.54. The third-order valence-electron chi connectivity index (χ3n) is 3.47. The van der Waals surface area contributed by atoms with E-state index in [2.05, 4.69) is 16.9 Å². The highest BCUT2D eigenvalue weighted by molar-refractivity contribution is 8.01. The Morgan fingerprint density at radius 3 is 2.88 bits per heavy atom. The predicted molar refractivity (Wildman–Crippen MR) is 98.8 cm³/mol. The second-order valence-electron chi connectivity index (χ2n) is 5.17. The summed E-state index contributed by atoms with van der Waals surface area (Å²) in [4.78, 5) is 20.4. The zero-order chi connectivity index (χ0) is 17.3. The van der Waals surface area contributed by atoms with Crippen molar-refractivity contribution in [2.45, 2.75) is 35.8 Å². The first kappa shape index (κ1) is 17.1. The molecule has 0 spiro atoms. The van der Waals surface area contributed by atoms with Crippen LogP contribution in [0.3, 0.4) is 0 Å². The maximum atomic E-state index is 11.5. The lowest BCUT2D eigenvalue weighted by molar-refractivity contribution is 0.0996. The molecule has 0 saturated carbocycles. The highest BCUT2D eigenvalue weighted by Gasteiger charge is 2.20. The Bertz CT molecular complexity index is 905. The number of carbonyl (C=O) groups excluding carboxylic acids is 1. The number of hydrogen-bond donors (Lipinski definition) is 2. The molecule has 0 aliphatic rings. The Hall–Kier alpha value is -1.77. The van der Waals surface area contributed by atoms with Crippen molar-refractivity contribution in [2.24, 2.45) is 5.73 Å². The molecule has 1 amide bonds. The Morgan fingerprint density at radius 1 is 1.42 bits per heavy atom. The molecule has 3 aromatic rings. The average molecular weight is 382 g/mol. The Balaban J connectivity index is 1.99. The van der Waals surface area contributed by atoms with Gasteiger partial charge in [-0.2, -0.15) is 0 Å². The number of carbonyl (C=O) groups is 1. The molecule has 2 aromatic heterocycles. The number of amides is 1. The number of nitrogens with zero attached hydrogens (tertiary/aromatic N) is 3. The normalized spacial score (nSPS) is 11.2. The molecule has 0 unspecified atom stereocenters. The van der Waals surface area contributed by atoms with Gasteiger partial charge in [-0.25, -0.2) is 9.97 Å². The fourth-order valence-corrected chi connectivity index (χ4v) is 4.62. The fourth-order valence-electron chi connectivity index (χ4n) is 2.25. The van der Waals surface area contributed by atoms with Gasteiger partial charge in [-0.05, 0) is 30.3 Å². The van der Waals surface area contributed by atoms with Crippen LogP contribution in [0.4, 0.5) is 5.82 Å². The Morgan fingerprint density at radius 2 is 2.21 bits per heavy atom. The van der Waals surface area contributed by atoms with Crippen molar-refractivity contribution in [1.29, 1.82) is 0 Å². The van der Waals surface area contributed by atoms with Crippen LogP contribution < -0.4 is 11.5 Å². The molecule has 0 aliphatic heterocycles. The third kappa shape index (κ3) is 3.22. The van der Waals surface area contributed by atoms with Gasteiger partial charge in [0.1, 0.15) is 5.82 Å². The molecule has 3 rings (SSSR count). The number of primary amides is 1. The van der Waals surface area contributed by atoms with Gasteiger partial charge in [0.15, 0.2) is 15.2 Å². The summed E-state index contributed by atoms with van der Waals surface area (Å²) in [6, 6.07) is 5.61. The number of halogens is 1. The van der Waals surface area contributed by atoms with Crippen molar-refractivity contribution in [3.8, 4) is 0 Å². The van der Waals surface area contributed by atoms with E-state index < -0.39 is 5.91 Å². The number of imidazole rings is 1. The van der Waals surface area contributed by atoms with Crippen LogP contribution in [0.15, 0.2) is 27.7 Å². The molecule has 0 fully saturated rings. The molecule has 126 valence electrons. The number of benzene rings is 1. The monoisotopic (exact) mass is 381 g/mol. The Labute approximate surface area is 152 Å². The van der Waals surface area contributed by atoms with E-state index in [0.717, 1.165) is 27.4 Å². The molecule has 24 heavy (non-hydrogen) atoms. The van der Waals surface area contributed by atoms with Gasteiger partial charge >= 0.3 is 0 Å². The van der Waals surface area contributed by atoms with Gasteiger partial charge in [0.25, 0.3) is 5.91 Å². The van der Waals surface area contributed by atoms with Gasteiger partial charge in [0.2, 0.25) is 0 Å². The van der Waals surface area contributed by atoms with Crippen molar-refractivity contribution in [3.05, 3.63) is 28.9 Å². The molecule has 0 bridgehead atoms. The molecule has 0 aliphatic carbocycles. The molecule has 0 saturated heterocycles. The van der Waals surface area contributed by atoms with Crippen molar-refractivity contribution in [3.63, 3.8) is 0 Å². The first-order valence-electron chi connectivity index (χ1n) is 7.40. The molecule has 0 radical (unpaired) electrons. The van der Waals surface area contributed by atoms with E-state index in [4.69, 9.17) is 23.1 Å². The standard InChI is InChI=1S/C15H16ClN5OS2/c1-2-3-7-21-12(17)10(13(18)22)20-14(21)24-15-19-9-6-4-5-8(16)11(9)23-15/h4-6H,2-3,7,17H2,1H3,(H2,18,22). The molecule has 9 heteroatoms. The summed E-state index contributed by atoms with van der Waals surface area (Å²) in [7, 11) is 0. The number of anilines is 1. The number of fused-ring (bicyclic) bond motifs is 1. The molecular formula is C15H16ClN5OS2. The van der Waals surface area contributed by atoms with Crippen LogP contribution in [-0.4, -0.2) is 20.4 Å². The lowest BCUT2D eigenvalue weighted by atomic mass is 10.3. The van der Waals surface area contributed by atoms with E-state index in [1.807, 2.05) is 22.8 Å². The van der Waals surface area contributed by atoms with Crippen molar-refractivity contribution < 1.29 is 4.79 Å². The van der Waals surface area contributed by atoms with Gasteiger partial charge in [-0.3, -0.25) is 4.79 Å². The maximum Gasteiger partial charge on any atom is 0.271 e. The predicted octanol–water partition coefficient (Wildman–Crippen LogP) is 3.78. The summed E-state index contributed by atoms with van der Waals surface area (Å²) in [5, 5.41) is 1.29. The van der Waals surface area contributed by atoms with Crippen LogP contribution in [0.1, 0.15) is 30.3 Å². The smallest absolute Gasteiger partial charge is 0.271 e. The van der Waals surface area contributed by atoms with E-state index in [0.29, 0.717) is 22.5 Å². The van der Waals surface area contributed by atoms with Crippen molar-refractivity contribution >= 4 is 56.6 Å². The van der Waals surface area contributed by atoms with E-state index in [1.54, 1.807) is 0 Å².